The summed E-state index contributed by atoms with van der Waals surface area (Å²) in [5.41, 5.74) is 3.35. The first-order valence-corrected chi connectivity index (χ1v) is 9.47. The van der Waals surface area contributed by atoms with Crippen LogP contribution in [0.2, 0.25) is 0 Å². The van der Waals surface area contributed by atoms with E-state index in [2.05, 4.69) is 10.1 Å². The van der Waals surface area contributed by atoms with Crippen molar-refractivity contribution in [3.63, 3.8) is 0 Å². The number of alkyl halides is 3. The molecule has 0 aliphatic carbocycles. The van der Waals surface area contributed by atoms with E-state index in [1.54, 1.807) is 30.3 Å². The Morgan fingerprint density at radius 3 is 2.16 bits per heavy atom. The van der Waals surface area contributed by atoms with Crippen molar-refractivity contribution in [3.05, 3.63) is 102 Å². The van der Waals surface area contributed by atoms with Crippen molar-refractivity contribution < 1.29 is 23.1 Å². The summed E-state index contributed by atoms with van der Waals surface area (Å²) in [5.74, 6) is -1.01. The van der Waals surface area contributed by atoms with Crippen molar-refractivity contribution in [2.24, 2.45) is 5.73 Å². The number of aromatic nitrogens is 3. The monoisotopic (exact) mass is 438 g/mol. The minimum atomic E-state index is -4.66. The number of benzene rings is 2. The number of rotatable bonds is 5. The molecule has 0 aliphatic heterocycles. The van der Waals surface area contributed by atoms with Crippen LogP contribution in [0, 0.1) is 0 Å². The second-order valence-corrected chi connectivity index (χ2v) is 7.05. The predicted octanol–water partition coefficient (Wildman–Crippen LogP) is 3.67. The summed E-state index contributed by atoms with van der Waals surface area (Å²) in [6, 6.07) is 17.6. The molecular weight excluding hydrogens is 421 g/mol. The lowest BCUT2D eigenvalue weighted by Crippen LogP contribution is -2.42. The molecule has 0 saturated heterocycles. The van der Waals surface area contributed by atoms with E-state index in [9.17, 15) is 23.1 Å². The van der Waals surface area contributed by atoms with E-state index < -0.39 is 23.4 Å². The highest BCUT2D eigenvalue weighted by Gasteiger charge is 2.39. The van der Waals surface area contributed by atoms with Crippen LogP contribution in [0.25, 0.3) is 16.9 Å². The van der Waals surface area contributed by atoms with Crippen molar-refractivity contribution in [2.45, 2.75) is 11.8 Å². The van der Waals surface area contributed by atoms with Crippen LogP contribution in [-0.4, -0.2) is 25.8 Å². The van der Waals surface area contributed by atoms with Gasteiger partial charge in [0.25, 0.3) is 5.91 Å². The summed E-state index contributed by atoms with van der Waals surface area (Å²) in [7, 11) is 0. The third kappa shape index (κ3) is 3.74. The van der Waals surface area contributed by atoms with Gasteiger partial charge in [0, 0.05) is 18.0 Å². The second-order valence-electron chi connectivity index (χ2n) is 7.05. The van der Waals surface area contributed by atoms with Gasteiger partial charge in [-0.25, -0.2) is 4.68 Å². The molecule has 9 heteroatoms. The maximum atomic E-state index is 13.7. The number of hydrogen-bond donors (Lipinski definition) is 2. The number of hydrogen-bond acceptors (Lipinski definition) is 4. The molecule has 32 heavy (non-hydrogen) atoms. The lowest BCUT2D eigenvalue weighted by atomic mass is 9.85. The second kappa shape index (κ2) is 7.93. The van der Waals surface area contributed by atoms with E-state index in [1.807, 2.05) is 0 Å². The van der Waals surface area contributed by atoms with Crippen LogP contribution in [0.5, 0.6) is 0 Å². The van der Waals surface area contributed by atoms with Crippen LogP contribution in [0.3, 0.4) is 0 Å². The van der Waals surface area contributed by atoms with Gasteiger partial charge in [-0.2, -0.15) is 18.3 Å². The maximum Gasteiger partial charge on any atom is 0.433 e. The first-order chi connectivity index (χ1) is 15.2. The number of pyridine rings is 1. The van der Waals surface area contributed by atoms with Crippen LogP contribution in [-0.2, 0) is 16.6 Å². The molecule has 0 aliphatic rings. The highest BCUT2D eigenvalue weighted by molar-refractivity contribution is 5.88. The average Bonchev–Trinajstić information content (AvgIpc) is 3.26. The fourth-order valence-corrected chi connectivity index (χ4v) is 3.41. The Morgan fingerprint density at radius 1 is 0.938 bits per heavy atom. The summed E-state index contributed by atoms with van der Waals surface area (Å²) in [4.78, 5) is 16.0. The number of nitrogens with two attached hydrogens (primary N) is 1. The van der Waals surface area contributed by atoms with Crippen LogP contribution in [0.1, 0.15) is 16.8 Å². The van der Waals surface area contributed by atoms with Crippen LogP contribution >= 0.6 is 0 Å². The van der Waals surface area contributed by atoms with Gasteiger partial charge in [0.15, 0.2) is 5.60 Å². The van der Waals surface area contributed by atoms with Gasteiger partial charge < -0.3 is 10.8 Å². The summed E-state index contributed by atoms with van der Waals surface area (Å²) < 4.78 is 41.8. The molecule has 0 bridgehead atoms. The molecule has 2 aromatic carbocycles. The molecule has 4 aromatic rings. The number of amides is 1. The number of carbonyl (C=O) groups is 1. The van der Waals surface area contributed by atoms with E-state index in [1.165, 1.54) is 48.8 Å². The zero-order valence-corrected chi connectivity index (χ0v) is 16.5. The molecule has 162 valence electrons. The maximum absolute atomic E-state index is 13.7. The van der Waals surface area contributed by atoms with Gasteiger partial charge in [0.1, 0.15) is 5.69 Å². The Labute approximate surface area is 180 Å². The third-order valence-electron chi connectivity index (χ3n) is 5.03. The van der Waals surface area contributed by atoms with Crippen molar-refractivity contribution in [2.75, 3.05) is 0 Å². The molecular formula is C23H17F3N4O2. The first-order valence-electron chi connectivity index (χ1n) is 9.47. The molecule has 2 aromatic heterocycles. The topological polar surface area (TPSA) is 94.0 Å². The molecule has 3 N–H and O–H groups in total. The molecule has 4 rings (SSSR count). The molecule has 0 spiro atoms. The smallest absolute Gasteiger partial charge is 0.372 e. The number of nitrogens with zero attached hydrogens (tertiary/aromatic N) is 3. The number of halogens is 3. The standard InChI is InChI=1S/C23H17F3N4O2/c24-23(25,26)20-13-19(15-5-4-12-28-14-15)29-30(20)18-10-8-17(9-11-18)22(32,21(27)31)16-6-2-1-3-7-16/h1-14,32H,(H2,27,31). The Kier molecular flexibility index (Phi) is 5.27. The average molecular weight is 438 g/mol. The predicted molar refractivity (Wildman–Crippen MR) is 110 cm³/mol. The largest absolute Gasteiger partial charge is 0.433 e. The highest BCUT2D eigenvalue weighted by Crippen LogP contribution is 2.35. The zero-order valence-electron chi connectivity index (χ0n) is 16.5. The van der Waals surface area contributed by atoms with Crippen molar-refractivity contribution >= 4 is 5.91 Å². The minimum absolute atomic E-state index is 0.0936. The van der Waals surface area contributed by atoms with Crippen molar-refractivity contribution in [1.82, 2.24) is 14.8 Å². The Balaban J connectivity index is 1.79. The Hall–Kier alpha value is -3.98. The van der Waals surface area contributed by atoms with Crippen LogP contribution in [0.4, 0.5) is 13.2 Å². The number of carbonyl (C=O) groups excluding carboxylic acids is 1. The van der Waals surface area contributed by atoms with E-state index in [0.717, 1.165) is 10.7 Å². The molecule has 1 unspecified atom stereocenters. The molecule has 1 amide bonds. The van der Waals surface area contributed by atoms with Crippen LogP contribution < -0.4 is 5.73 Å². The lowest BCUT2D eigenvalue weighted by molar-refractivity contribution is -0.142. The summed E-state index contributed by atoms with van der Waals surface area (Å²) >= 11 is 0. The van der Waals surface area contributed by atoms with Gasteiger partial charge >= 0.3 is 6.18 Å². The molecule has 1 atom stereocenters. The molecule has 0 saturated carbocycles. The molecule has 2 heterocycles. The highest BCUT2D eigenvalue weighted by atomic mass is 19.4. The lowest BCUT2D eigenvalue weighted by Gasteiger charge is -2.26. The fraction of sp³-hybridized carbons (Fsp3) is 0.0870. The Bertz CT molecular complexity index is 1240. The van der Waals surface area contributed by atoms with E-state index >= 15 is 0 Å². The third-order valence-corrected chi connectivity index (χ3v) is 5.03. The zero-order chi connectivity index (χ0) is 22.9. The Morgan fingerprint density at radius 2 is 1.59 bits per heavy atom. The number of primary amides is 1. The summed E-state index contributed by atoms with van der Waals surface area (Å²) in [6.07, 6.45) is -1.73. The van der Waals surface area contributed by atoms with Crippen LogP contribution in [0.15, 0.2) is 85.2 Å². The normalized spacial score (nSPS) is 13.5. The number of aliphatic hydroxyl groups is 1. The van der Waals surface area contributed by atoms with Gasteiger partial charge in [-0.1, -0.05) is 42.5 Å². The van der Waals surface area contributed by atoms with Gasteiger partial charge in [0.05, 0.1) is 11.4 Å². The quantitative estimate of drug-likeness (QED) is 0.497. The van der Waals surface area contributed by atoms with Gasteiger partial charge in [-0.15, -0.1) is 0 Å². The van der Waals surface area contributed by atoms with Crippen molar-refractivity contribution in [1.29, 1.82) is 0 Å². The summed E-state index contributed by atoms with van der Waals surface area (Å²) in [6.45, 7) is 0. The van der Waals surface area contributed by atoms with E-state index in [0.29, 0.717) is 5.56 Å². The summed E-state index contributed by atoms with van der Waals surface area (Å²) in [5, 5.41) is 15.2. The SMILES string of the molecule is NC(=O)C(O)(c1ccccc1)c1ccc(-n2nc(-c3cccnc3)cc2C(F)(F)F)cc1. The fourth-order valence-electron chi connectivity index (χ4n) is 3.41. The minimum Gasteiger partial charge on any atom is -0.372 e. The molecule has 0 radical (unpaired) electrons. The van der Waals surface area contributed by atoms with Gasteiger partial charge in [-0.05, 0) is 41.5 Å². The van der Waals surface area contributed by atoms with Gasteiger partial charge in [0.2, 0.25) is 0 Å². The van der Waals surface area contributed by atoms with Crippen molar-refractivity contribution in [3.8, 4) is 16.9 Å². The van der Waals surface area contributed by atoms with Gasteiger partial charge in [-0.3, -0.25) is 9.78 Å². The van der Waals surface area contributed by atoms with E-state index in [4.69, 9.17) is 5.73 Å². The molecule has 6 nitrogen and oxygen atoms in total. The first kappa shape index (κ1) is 21.3. The van der Waals surface area contributed by atoms with E-state index in [-0.39, 0.29) is 22.5 Å². The molecule has 0 fully saturated rings.